The van der Waals surface area contributed by atoms with Gasteiger partial charge in [0, 0.05) is 32.6 Å². The largest absolute Gasteiger partial charge is 0.497 e. The van der Waals surface area contributed by atoms with Crippen molar-refractivity contribution in [1.82, 2.24) is 9.80 Å². The highest BCUT2D eigenvalue weighted by atomic mass is 16.6. The molecule has 4 fully saturated rings. The summed E-state index contributed by atoms with van der Waals surface area (Å²) >= 11 is 0. The van der Waals surface area contributed by atoms with E-state index in [4.69, 9.17) is 14.2 Å². The predicted molar refractivity (Wildman–Crippen MR) is 193 cm³/mol. The molecule has 4 atom stereocenters. The number of hydrogen-bond donors (Lipinski definition) is 1. The molecule has 2 saturated heterocycles. The van der Waals surface area contributed by atoms with E-state index in [-0.39, 0.29) is 35.0 Å². The second-order valence-corrected chi connectivity index (χ2v) is 16.1. The molecule has 2 spiro atoms. The molecule has 2 amide bonds. The molecule has 6 rings (SSSR count). The number of carboxylic acid groups (broad SMARTS) is 1. The number of benzene rings is 2. The highest BCUT2D eigenvalue weighted by Gasteiger charge is 2.51. The van der Waals surface area contributed by atoms with E-state index in [0.717, 1.165) is 87.1 Å². The van der Waals surface area contributed by atoms with Crippen LogP contribution in [-0.4, -0.2) is 71.6 Å². The first-order valence-electron chi connectivity index (χ1n) is 18.5. The van der Waals surface area contributed by atoms with Gasteiger partial charge in [0.2, 0.25) is 11.8 Å². The summed E-state index contributed by atoms with van der Waals surface area (Å²) in [7, 11) is 3.28. The number of amides is 2. The van der Waals surface area contributed by atoms with Crippen LogP contribution in [0.15, 0.2) is 48.5 Å². The molecule has 0 radical (unpaired) electrons. The fraction of sp³-hybridized carbons (Fsp3) is 0.610. The molecule has 1 N–H and O–H groups in total. The Labute approximate surface area is 302 Å². The highest BCUT2D eigenvalue weighted by Crippen LogP contribution is 2.49. The zero-order valence-electron chi connectivity index (χ0n) is 31.1. The Hall–Kier alpha value is -4.08. The van der Waals surface area contributed by atoms with Crippen LogP contribution >= 0.6 is 0 Å². The summed E-state index contributed by atoms with van der Waals surface area (Å²) in [6.07, 6.45) is 8.72. The van der Waals surface area contributed by atoms with Gasteiger partial charge in [0.05, 0.1) is 31.0 Å². The molecule has 0 aromatic heterocycles. The van der Waals surface area contributed by atoms with Crippen molar-refractivity contribution in [2.24, 2.45) is 22.7 Å². The lowest BCUT2D eigenvalue weighted by Gasteiger charge is -2.36. The molecular weight excluding hydrogens is 648 g/mol. The minimum absolute atomic E-state index is 0.138. The van der Waals surface area contributed by atoms with Gasteiger partial charge in [-0.3, -0.25) is 19.2 Å². The minimum Gasteiger partial charge on any atom is -0.497 e. The van der Waals surface area contributed by atoms with Crippen LogP contribution in [-0.2, 0) is 37.0 Å². The van der Waals surface area contributed by atoms with E-state index in [1.54, 1.807) is 14.2 Å². The average Bonchev–Trinajstić information content (AvgIpc) is 3.55. The molecule has 2 aromatic rings. The molecule has 0 unspecified atom stereocenters. The predicted octanol–water partition coefficient (Wildman–Crippen LogP) is 7.02. The van der Waals surface area contributed by atoms with Crippen molar-refractivity contribution < 1.29 is 38.5 Å². The number of aliphatic carboxylic acids is 1. The lowest BCUT2D eigenvalue weighted by molar-refractivity contribution is -0.157. The molecule has 2 aromatic carbocycles. The van der Waals surface area contributed by atoms with Crippen LogP contribution in [0.25, 0.3) is 0 Å². The third kappa shape index (κ3) is 9.43. The zero-order chi connectivity index (χ0) is 36.8. The van der Waals surface area contributed by atoms with E-state index in [2.05, 4.69) is 0 Å². The number of rotatable bonds is 9. The van der Waals surface area contributed by atoms with Crippen molar-refractivity contribution in [1.29, 1.82) is 0 Å². The molecule has 2 aliphatic carbocycles. The molecule has 51 heavy (non-hydrogen) atoms. The van der Waals surface area contributed by atoms with E-state index in [0.29, 0.717) is 32.4 Å². The van der Waals surface area contributed by atoms with Gasteiger partial charge in [0.15, 0.2) is 0 Å². The normalized spacial score (nSPS) is 26.2. The first kappa shape index (κ1) is 38.2. The Bertz CT molecular complexity index is 1530. The number of esters is 1. The summed E-state index contributed by atoms with van der Waals surface area (Å²) in [5.74, 6) is 0.999. The van der Waals surface area contributed by atoms with Gasteiger partial charge in [-0.1, -0.05) is 37.1 Å². The van der Waals surface area contributed by atoms with E-state index in [9.17, 15) is 24.3 Å². The van der Waals surface area contributed by atoms with Gasteiger partial charge in [-0.2, -0.15) is 0 Å². The smallest absolute Gasteiger partial charge is 0.306 e. The van der Waals surface area contributed by atoms with Crippen molar-refractivity contribution in [3.8, 4) is 11.5 Å². The SMILES string of the molecule is COc1ccc(CN2CC[C@]3(CCC[C@H](C(=O)O)C3)C2=O)cc1.COc1ccc(CN2CC[C@]3(CCC[C@H](CC(=O)OC(C)(C)C)C3)C2=O)cc1. The van der Waals surface area contributed by atoms with E-state index in [1.807, 2.05) is 79.1 Å². The first-order chi connectivity index (χ1) is 24.2. The van der Waals surface area contributed by atoms with Gasteiger partial charge >= 0.3 is 11.9 Å². The molecule has 2 aliphatic heterocycles. The number of ether oxygens (including phenoxy) is 3. The van der Waals surface area contributed by atoms with Crippen molar-refractivity contribution in [3.05, 3.63) is 59.7 Å². The fourth-order valence-electron chi connectivity index (χ4n) is 8.69. The molecule has 0 bridgehead atoms. The van der Waals surface area contributed by atoms with Crippen molar-refractivity contribution in [3.63, 3.8) is 0 Å². The maximum Gasteiger partial charge on any atom is 0.306 e. The molecular formula is C41H56N2O8. The summed E-state index contributed by atoms with van der Waals surface area (Å²) in [6.45, 7) is 8.42. The van der Waals surface area contributed by atoms with Crippen LogP contribution in [0.5, 0.6) is 11.5 Å². The highest BCUT2D eigenvalue weighted by molar-refractivity contribution is 5.86. The van der Waals surface area contributed by atoms with Gasteiger partial charge in [-0.15, -0.1) is 0 Å². The van der Waals surface area contributed by atoms with Crippen LogP contribution < -0.4 is 9.47 Å². The minimum atomic E-state index is -0.759. The number of methoxy groups -OCH3 is 2. The molecule has 278 valence electrons. The molecule has 2 heterocycles. The van der Waals surface area contributed by atoms with Crippen LogP contribution in [0, 0.1) is 22.7 Å². The Kier molecular flexibility index (Phi) is 12.0. The summed E-state index contributed by atoms with van der Waals surface area (Å²) in [4.78, 5) is 53.5. The Morgan fingerprint density at radius 2 is 1.22 bits per heavy atom. The monoisotopic (exact) mass is 704 g/mol. The number of hydrogen-bond acceptors (Lipinski definition) is 7. The van der Waals surface area contributed by atoms with Crippen molar-refractivity contribution in [2.45, 2.75) is 110 Å². The standard InChI is InChI=1S/C23H33NO4.C18H23NO4/c1-22(2,3)28-20(25)14-18-6-5-11-23(15-18)12-13-24(21(23)26)16-17-7-9-19(27-4)10-8-17;1-23-15-6-4-13(5-7-15)12-19-10-9-18(17(19)22)8-2-3-14(11-18)16(20)21/h7-10,18H,5-6,11-16H2,1-4H3;4-7,14H,2-3,8-12H2,1H3,(H,20,21)/t18-,23+;14-,18-/m10/s1. The van der Waals surface area contributed by atoms with E-state index in [1.165, 1.54) is 0 Å². The molecule has 4 aliphatic rings. The molecule has 10 heteroatoms. The number of carboxylic acids is 1. The Morgan fingerprint density at radius 1 is 0.745 bits per heavy atom. The van der Waals surface area contributed by atoms with Crippen LogP contribution in [0.4, 0.5) is 0 Å². The van der Waals surface area contributed by atoms with Gasteiger partial charge in [-0.25, -0.2) is 0 Å². The van der Waals surface area contributed by atoms with Crippen LogP contribution in [0.2, 0.25) is 0 Å². The summed E-state index contributed by atoms with van der Waals surface area (Å²) in [5.41, 5.74) is 1.02. The average molecular weight is 705 g/mol. The summed E-state index contributed by atoms with van der Waals surface area (Å²) in [5, 5.41) is 9.28. The molecule has 2 saturated carbocycles. The second kappa shape index (κ2) is 16.1. The number of nitrogens with zero attached hydrogens (tertiary/aromatic N) is 2. The van der Waals surface area contributed by atoms with Gasteiger partial charge in [0.1, 0.15) is 17.1 Å². The summed E-state index contributed by atoms with van der Waals surface area (Å²) in [6, 6.07) is 15.6. The van der Waals surface area contributed by atoms with Gasteiger partial charge < -0.3 is 29.1 Å². The van der Waals surface area contributed by atoms with Gasteiger partial charge in [-0.05, 0) is 113 Å². The Morgan fingerprint density at radius 3 is 1.67 bits per heavy atom. The Balaban J connectivity index is 0.000000201. The maximum atomic E-state index is 13.3. The molecule has 10 nitrogen and oxygen atoms in total. The third-order valence-corrected chi connectivity index (χ3v) is 11.3. The van der Waals surface area contributed by atoms with Crippen molar-refractivity contribution in [2.75, 3.05) is 27.3 Å². The second-order valence-electron chi connectivity index (χ2n) is 16.1. The summed E-state index contributed by atoms with van der Waals surface area (Å²) < 4.78 is 15.8. The maximum absolute atomic E-state index is 13.3. The van der Waals surface area contributed by atoms with Crippen molar-refractivity contribution >= 4 is 23.8 Å². The van der Waals surface area contributed by atoms with E-state index >= 15 is 0 Å². The van der Waals surface area contributed by atoms with E-state index < -0.39 is 17.0 Å². The fourth-order valence-corrected chi connectivity index (χ4v) is 8.69. The first-order valence-corrected chi connectivity index (χ1v) is 18.5. The number of carbonyl (C=O) groups excluding carboxylic acids is 3. The number of carbonyl (C=O) groups is 4. The van der Waals surface area contributed by atoms with Crippen LogP contribution in [0.1, 0.15) is 103 Å². The lowest BCUT2D eigenvalue weighted by Crippen LogP contribution is -2.39. The lowest BCUT2D eigenvalue weighted by atomic mass is 9.68. The van der Waals surface area contributed by atoms with Crippen LogP contribution in [0.3, 0.4) is 0 Å². The third-order valence-electron chi connectivity index (χ3n) is 11.3. The van der Waals surface area contributed by atoms with Gasteiger partial charge in [0.25, 0.3) is 0 Å². The zero-order valence-corrected chi connectivity index (χ0v) is 31.1. The quantitative estimate of drug-likeness (QED) is 0.276. The topological polar surface area (TPSA) is 123 Å². The number of likely N-dealkylation sites (tertiary alicyclic amines) is 2.